The van der Waals surface area contributed by atoms with Crippen molar-refractivity contribution in [2.75, 3.05) is 0 Å². The van der Waals surface area contributed by atoms with Crippen LogP contribution < -0.4 is 0 Å². The molecule has 0 aromatic heterocycles. The van der Waals surface area contributed by atoms with Crippen molar-refractivity contribution in [3.8, 4) is 6.07 Å². The number of ketones is 1. The summed E-state index contributed by atoms with van der Waals surface area (Å²) in [6, 6.07) is 14.4. The van der Waals surface area contributed by atoms with Gasteiger partial charge in [-0.1, -0.05) is 24.3 Å². The summed E-state index contributed by atoms with van der Waals surface area (Å²) in [6.45, 7) is 1.56. The second-order valence-corrected chi connectivity index (χ2v) is 5.22. The van der Waals surface area contributed by atoms with Crippen LogP contribution in [0.25, 0.3) is 5.76 Å². The number of hydrogen-bond donors (Lipinski definition) is 1. The Morgan fingerprint density at radius 2 is 1.91 bits per heavy atom. The third-order valence-corrected chi connectivity index (χ3v) is 3.59. The molecule has 0 saturated heterocycles. The maximum Gasteiger partial charge on any atom is 0.162 e. The zero-order chi connectivity index (χ0) is 16.8. The van der Waals surface area contributed by atoms with Crippen LogP contribution in [0.15, 0.2) is 54.1 Å². The Bertz CT molecular complexity index is 786. The zero-order valence-corrected chi connectivity index (χ0v) is 12.7. The quantitative estimate of drug-likeness (QED) is 0.665. The molecule has 1 N–H and O–H groups in total. The van der Waals surface area contributed by atoms with Gasteiger partial charge in [0.05, 0.1) is 11.6 Å². The molecule has 0 amide bonds. The van der Waals surface area contributed by atoms with Crippen LogP contribution >= 0.6 is 0 Å². The lowest BCUT2D eigenvalue weighted by Gasteiger charge is -2.07. The molecular formula is C19H16FNO2. The first-order chi connectivity index (χ1) is 11.0. The molecule has 0 atom stereocenters. The molecule has 116 valence electrons. The molecule has 0 heterocycles. The summed E-state index contributed by atoms with van der Waals surface area (Å²) in [5.41, 5.74) is 1.97. The summed E-state index contributed by atoms with van der Waals surface area (Å²) in [5.74, 6) is -0.619. The lowest BCUT2D eigenvalue weighted by molar-refractivity contribution is -0.115. The molecule has 2 rings (SSSR count). The molecule has 0 spiro atoms. The number of aryl methyl sites for hydroxylation is 1. The van der Waals surface area contributed by atoms with E-state index >= 15 is 0 Å². The number of carbonyl (C=O) groups is 1. The maximum atomic E-state index is 12.8. The van der Waals surface area contributed by atoms with Gasteiger partial charge in [0.1, 0.15) is 11.6 Å². The van der Waals surface area contributed by atoms with E-state index in [0.717, 1.165) is 5.56 Å². The summed E-state index contributed by atoms with van der Waals surface area (Å²) in [6.07, 6.45) is 0.696. The van der Waals surface area contributed by atoms with Crippen molar-refractivity contribution in [2.45, 2.75) is 19.8 Å². The van der Waals surface area contributed by atoms with E-state index < -0.39 is 0 Å². The van der Waals surface area contributed by atoms with Gasteiger partial charge in [-0.15, -0.1) is 0 Å². The SMILES string of the molecule is CC(C(=O)CCc1ccc(F)cc1)=C(O)c1cccc(C#N)c1. The Morgan fingerprint density at radius 1 is 1.22 bits per heavy atom. The summed E-state index contributed by atoms with van der Waals surface area (Å²) >= 11 is 0. The first-order valence-corrected chi connectivity index (χ1v) is 7.19. The number of nitriles is 1. The van der Waals surface area contributed by atoms with Crippen molar-refractivity contribution in [1.29, 1.82) is 5.26 Å². The van der Waals surface area contributed by atoms with Gasteiger partial charge >= 0.3 is 0 Å². The number of carbonyl (C=O) groups excluding carboxylic acids is 1. The number of hydrogen-bond acceptors (Lipinski definition) is 3. The molecular weight excluding hydrogens is 293 g/mol. The average molecular weight is 309 g/mol. The normalized spacial score (nSPS) is 11.5. The zero-order valence-electron chi connectivity index (χ0n) is 12.7. The number of allylic oxidation sites excluding steroid dienone is 1. The molecule has 0 aliphatic rings. The predicted octanol–water partition coefficient (Wildman–Crippen LogP) is 4.19. The predicted molar refractivity (Wildman–Crippen MR) is 86.1 cm³/mol. The fourth-order valence-corrected chi connectivity index (χ4v) is 2.18. The minimum Gasteiger partial charge on any atom is -0.507 e. The average Bonchev–Trinajstić information content (AvgIpc) is 2.59. The number of rotatable bonds is 5. The van der Waals surface area contributed by atoms with Crippen molar-refractivity contribution in [1.82, 2.24) is 0 Å². The monoisotopic (exact) mass is 309 g/mol. The van der Waals surface area contributed by atoms with E-state index in [1.807, 2.05) is 6.07 Å². The van der Waals surface area contributed by atoms with Crippen molar-refractivity contribution >= 4 is 11.5 Å². The van der Waals surface area contributed by atoms with Crippen molar-refractivity contribution < 1.29 is 14.3 Å². The molecule has 2 aromatic carbocycles. The molecule has 0 fully saturated rings. The summed E-state index contributed by atoms with van der Waals surface area (Å²) in [7, 11) is 0. The van der Waals surface area contributed by atoms with E-state index in [1.165, 1.54) is 18.2 Å². The highest BCUT2D eigenvalue weighted by molar-refractivity contribution is 6.00. The molecule has 3 nitrogen and oxygen atoms in total. The Kier molecular flexibility index (Phi) is 5.27. The smallest absolute Gasteiger partial charge is 0.162 e. The van der Waals surface area contributed by atoms with Gasteiger partial charge in [-0.25, -0.2) is 4.39 Å². The van der Waals surface area contributed by atoms with Gasteiger partial charge in [0.15, 0.2) is 5.78 Å². The van der Waals surface area contributed by atoms with Gasteiger partial charge in [0, 0.05) is 17.6 Å². The number of aliphatic hydroxyl groups is 1. The van der Waals surface area contributed by atoms with Gasteiger partial charge in [-0.3, -0.25) is 4.79 Å². The van der Waals surface area contributed by atoms with E-state index in [4.69, 9.17) is 5.26 Å². The van der Waals surface area contributed by atoms with Crippen molar-refractivity contribution in [3.05, 3.63) is 76.6 Å². The highest BCUT2D eigenvalue weighted by Gasteiger charge is 2.12. The van der Waals surface area contributed by atoms with Gasteiger partial charge in [0.2, 0.25) is 0 Å². The molecule has 0 aliphatic carbocycles. The molecule has 0 radical (unpaired) electrons. The van der Waals surface area contributed by atoms with E-state index in [1.54, 1.807) is 37.3 Å². The molecule has 23 heavy (non-hydrogen) atoms. The standard InChI is InChI=1S/C19H16FNO2/c1-13(19(23)16-4-2-3-15(11-16)12-21)18(22)10-7-14-5-8-17(20)9-6-14/h2-6,8-9,11,23H,7,10H2,1H3. The molecule has 0 bridgehead atoms. The Labute approximate surface area is 134 Å². The lowest BCUT2D eigenvalue weighted by atomic mass is 10.00. The minimum absolute atomic E-state index is 0.119. The van der Waals surface area contributed by atoms with Crippen molar-refractivity contribution in [2.24, 2.45) is 0 Å². The Hall–Kier alpha value is -2.93. The first kappa shape index (κ1) is 16.4. The van der Waals surface area contributed by atoms with Crippen LogP contribution in [-0.2, 0) is 11.2 Å². The lowest BCUT2D eigenvalue weighted by Crippen LogP contribution is -2.05. The maximum absolute atomic E-state index is 12.8. The number of halogens is 1. The van der Waals surface area contributed by atoms with Crippen LogP contribution in [0.1, 0.15) is 30.0 Å². The van der Waals surface area contributed by atoms with Crippen LogP contribution in [0.3, 0.4) is 0 Å². The third kappa shape index (κ3) is 4.27. The topological polar surface area (TPSA) is 61.1 Å². The fraction of sp³-hybridized carbons (Fsp3) is 0.158. The molecule has 4 heteroatoms. The summed E-state index contributed by atoms with van der Waals surface area (Å²) < 4.78 is 12.8. The second kappa shape index (κ2) is 7.37. The molecule has 0 aliphatic heterocycles. The third-order valence-electron chi connectivity index (χ3n) is 3.59. The highest BCUT2D eigenvalue weighted by Crippen LogP contribution is 2.19. The second-order valence-electron chi connectivity index (χ2n) is 5.22. The molecule has 0 unspecified atom stereocenters. The molecule has 2 aromatic rings. The van der Waals surface area contributed by atoms with Crippen LogP contribution in [0, 0.1) is 17.1 Å². The minimum atomic E-state index is -0.314. The fourth-order valence-electron chi connectivity index (χ4n) is 2.18. The van der Waals surface area contributed by atoms with E-state index in [0.29, 0.717) is 17.5 Å². The van der Waals surface area contributed by atoms with Gasteiger partial charge < -0.3 is 5.11 Å². The number of aliphatic hydroxyl groups excluding tert-OH is 1. The van der Waals surface area contributed by atoms with E-state index in [9.17, 15) is 14.3 Å². The number of nitrogens with zero attached hydrogens (tertiary/aromatic N) is 1. The van der Waals surface area contributed by atoms with Gasteiger partial charge in [-0.05, 0) is 43.2 Å². The van der Waals surface area contributed by atoms with Gasteiger partial charge in [-0.2, -0.15) is 5.26 Å². The largest absolute Gasteiger partial charge is 0.507 e. The van der Waals surface area contributed by atoms with Crippen molar-refractivity contribution in [3.63, 3.8) is 0 Å². The van der Waals surface area contributed by atoms with E-state index in [-0.39, 0.29) is 29.4 Å². The Morgan fingerprint density at radius 3 is 2.57 bits per heavy atom. The van der Waals surface area contributed by atoms with Crippen LogP contribution in [-0.4, -0.2) is 10.9 Å². The number of Topliss-reactive ketones (excluding diaryl/α,β-unsaturated/α-hetero) is 1. The number of benzene rings is 2. The molecule has 0 saturated carbocycles. The van der Waals surface area contributed by atoms with E-state index in [2.05, 4.69) is 0 Å². The Balaban J connectivity index is 2.10. The summed E-state index contributed by atoms with van der Waals surface area (Å²) in [5, 5.41) is 19.1. The van der Waals surface area contributed by atoms with Crippen LogP contribution in [0.5, 0.6) is 0 Å². The van der Waals surface area contributed by atoms with Gasteiger partial charge in [0.25, 0.3) is 0 Å². The first-order valence-electron chi connectivity index (χ1n) is 7.19. The highest BCUT2D eigenvalue weighted by atomic mass is 19.1. The summed E-state index contributed by atoms with van der Waals surface area (Å²) in [4.78, 5) is 12.2. The van der Waals surface area contributed by atoms with Crippen LogP contribution in [0.2, 0.25) is 0 Å². The van der Waals surface area contributed by atoms with Crippen LogP contribution in [0.4, 0.5) is 4.39 Å².